The zero-order valence-corrected chi connectivity index (χ0v) is 5.97. The first kappa shape index (κ1) is 7.88. The zero-order chi connectivity index (χ0) is 8.10. The minimum atomic E-state index is -0.904. The standard InChI is InChI=1S/C8H9NO2/c10-6-8(11)4-7-2-1-3-9-5-7/h1-3,5-6,8,11H,4H2. The molecule has 0 saturated carbocycles. The summed E-state index contributed by atoms with van der Waals surface area (Å²) in [7, 11) is 0. The van der Waals surface area contributed by atoms with Crippen LogP contribution in [0, 0.1) is 0 Å². The molecule has 11 heavy (non-hydrogen) atoms. The molecule has 58 valence electrons. The molecular weight excluding hydrogens is 142 g/mol. The summed E-state index contributed by atoms with van der Waals surface area (Å²) >= 11 is 0. The van der Waals surface area contributed by atoms with Gasteiger partial charge in [0.15, 0.2) is 0 Å². The van der Waals surface area contributed by atoms with Gasteiger partial charge in [0.1, 0.15) is 12.4 Å². The van der Waals surface area contributed by atoms with E-state index in [9.17, 15) is 4.79 Å². The third-order valence-electron chi connectivity index (χ3n) is 1.32. The normalized spacial score (nSPS) is 12.5. The molecule has 1 heterocycles. The molecule has 0 radical (unpaired) electrons. The lowest BCUT2D eigenvalue weighted by Gasteiger charge is -2.00. The van der Waals surface area contributed by atoms with Crippen LogP contribution in [0.3, 0.4) is 0 Å². The maximum atomic E-state index is 10.0. The maximum Gasteiger partial charge on any atom is 0.148 e. The number of carbonyl (C=O) groups excluding carboxylic acids is 1. The van der Waals surface area contributed by atoms with E-state index >= 15 is 0 Å². The van der Waals surface area contributed by atoms with Gasteiger partial charge in [-0.2, -0.15) is 0 Å². The molecule has 1 atom stereocenters. The average Bonchev–Trinajstić information content (AvgIpc) is 2.06. The Morgan fingerprint density at radius 3 is 3.09 bits per heavy atom. The minimum absolute atomic E-state index is 0.345. The molecular formula is C8H9NO2. The highest BCUT2D eigenvalue weighted by atomic mass is 16.3. The van der Waals surface area contributed by atoms with Gasteiger partial charge < -0.3 is 9.90 Å². The largest absolute Gasteiger partial charge is 0.385 e. The van der Waals surface area contributed by atoms with Gasteiger partial charge in [-0.3, -0.25) is 4.98 Å². The summed E-state index contributed by atoms with van der Waals surface area (Å²) in [6.07, 6.45) is 3.24. The van der Waals surface area contributed by atoms with Gasteiger partial charge in [-0.15, -0.1) is 0 Å². The number of pyridine rings is 1. The predicted octanol–water partition coefficient (Wildman–Crippen LogP) is 0.184. The highest BCUT2D eigenvalue weighted by molar-refractivity contribution is 5.56. The SMILES string of the molecule is O=CC(O)Cc1cccnc1. The van der Waals surface area contributed by atoms with E-state index in [2.05, 4.69) is 4.98 Å². The molecule has 1 unspecified atom stereocenters. The molecule has 0 amide bonds. The number of hydrogen-bond acceptors (Lipinski definition) is 3. The lowest BCUT2D eigenvalue weighted by molar-refractivity contribution is -0.114. The number of aromatic nitrogens is 1. The first-order valence-corrected chi connectivity index (χ1v) is 3.35. The van der Waals surface area contributed by atoms with Gasteiger partial charge in [0, 0.05) is 18.8 Å². The molecule has 0 aliphatic heterocycles. The Labute approximate surface area is 64.7 Å². The second-order valence-electron chi connectivity index (χ2n) is 2.27. The van der Waals surface area contributed by atoms with Crippen LogP contribution in [-0.2, 0) is 11.2 Å². The van der Waals surface area contributed by atoms with Crippen molar-refractivity contribution in [3.05, 3.63) is 30.1 Å². The summed E-state index contributed by atoms with van der Waals surface area (Å²) in [6.45, 7) is 0. The number of nitrogens with zero attached hydrogens (tertiary/aromatic N) is 1. The average molecular weight is 151 g/mol. The van der Waals surface area contributed by atoms with E-state index in [0.29, 0.717) is 12.7 Å². The quantitative estimate of drug-likeness (QED) is 0.627. The van der Waals surface area contributed by atoms with Crippen LogP contribution < -0.4 is 0 Å². The molecule has 0 aliphatic rings. The Hall–Kier alpha value is -1.22. The summed E-state index contributed by atoms with van der Waals surface area (Å²) in [4.78, 5) is 13.9. The number of carbonyl (C=O) groups is 1. The fraction of sp³-hybridized carbons (Fsp3) is 0.250. The molecule has 1 aromatic rings. The number of hydrogen-bond donors (Lipinski definition) is 1. The maximum absolute atomic E-state index is 10.0. The second-order valence-corrected chi connectivity index (χ2v) is 2.27. The molecule has 0 aliphatic carbocycles. The van der Waals surface area contributed by atoms with E-state index in [1.807, 2.05) is 6.07 Å². The fourth-order valence-electron chi connectivity index (χ4n) is 0.808. The van der Waals surface area contributed by atoms with Crippen molar-refractivity contribution < 1.29 is 9.90 Å². The third kappa shape index (κ3) is 2.47. The van der Waals surface area contributed by atoms with Crippen molar-refractivity contribution in [2.45, 2.75) is 12.5 Å². The van der Waals surface area contributed by atoms with Gasteiger partial charge in [-0.25, -0.2) is 0 Å². The second kappa shape index (κ2) is 3.83. The lowest BCUT2D eigenvalue weighted by Crippen LogP contribution is -2.11. The summed E-state index contributed by atoms with van der Waals surface area (Å²) in [6, 6.07) is 3.59. The van der Waals surface area contributed by atoms with Gasteiger partial charge in [0.05, 0.1) is 0 Å². The van der Waals surface area contributed by atoms with E-state index in [4.69, 9.17) is 5.11 Å². The van der Waals surface area contributed by atoms with Crippen molar-refractivity contribution in [2.75, 3.05) is 0 Å². The van der Waals surface area contributed by atoms with Gasteiger partial charge in [0.25, 0.3) is 0 Å². The monoisotopic (exact) mass is 151 g/mol. The fourth-order valence-corrected chi connectivity index (χ4v) is 0.808. The van der Waals surface area contributed by atoms with Crippen LogP contribution in [0.15, 0.2) is 24.5 Å². The highest BCUT2D eigenvalue weighted by Crippen LogP contribution is 1.98. The molecule has 0 spiro atoms. The van der Waals surface area contributed by atoms with Crippen LogP contribution in [0.5, 0.6) is 0 Å². The molecule has 3 heteroatoms. The first-order chi connectivity index (χ1) is 5.33. The van der Waals surface area contributed by atoms with Crippen LogP contribution in [0.25, 0.3) is 0 Å². The van der Waals surface area contributed by atoms with Gasteiger partial charge >= 0.3 is 0 Å². The Kier molecular flexibility index (Phi) is 2.74. The first-order valence-electron chi connectivity index (χ1n) is 3.35. The van der Waals surface area contributed by atoms with Crippen molar-refractivity contribution in [2.24, 2.45) is 0 Å². The number of aldehydes is 1. The molecule has 0 saturated heterocycles. The Morgan fingerprint density at radius 2 is 2.55 bits per heavy atom. The molecule has 1 N–H and O–H groups in total. The van der Waals surface area contributed by atoms with E-state index in [1.54, 1.807) is 18.5 Å². The van der Waals surface area contributed by atoms with Crippen molar-refractivity contribution in [1.29, 1.82) is 0 Å². The topological polar surface area (TPSA) is 50.2 Å². The molecule has 0 fully saturated rings. The van der Waals surface area contributed by atoms with E-state index < -0.39 is 6.10 Å². The summed E-state index contributed by atoms with van der Waals surface area (Å²) < 4.78 is 0. The lowest BCUT2D eigenvalue weighted by atomic mass is 10.1. The van der Waals surface area contributed by atoms with Crippen molar-refractivity contribution in [3.8, 4) is 0 Å². The van der Waals surface area contributed by atoms with Gasteiger partial charge in [0.2, 0.25) is 0 Å². The van der Waals surface area contributed by atoms with E-state index in [-0.39, 0.29) is 0 Å². The molecule has 1 aromatic heterocycles. The van der Waals surface area contributed by atoms with Crippen LogP contribution >= 0.6 is 0 Å². The molecule has 3 nitrogen and oxygen atoms in total. The molecule has 0 aromatic carbocycles. The van der Waals surface area contributed by atoms with Crippen LogP contribution in [0.1, 0.15) is 5.56 Å². The Morgan fingerprint density at radius 1 is 1.73 bits per heavy atom. The molecule has 0 bridgehead atoms. The smallest absolute Gasteiger partial charge is 0.148 e. The summed E-state index contributed by atoms with van der Waals surface area (Å²) in [5.74, 6) is 0. The van der Waals surface area contributed by atoms with Crippen LogP contribution in [0.4, 0.5) is 0 Å². The predicted molar refractivity (Wildman–Crippen MR) is 40.0 cm³/mol. The zero-order valence-electron chi connectivity index (χ0n) is 5.97. The number of aliphatic hydroxyl groups is 1. The van der Waals surface area contributed by atoms with Crippen LogP contribution in [-0.4, -0.2) is 22.5 Å². The van der Waals surface area contributed by atoms with Gasteiger partial charge in [-0.1, -0.05) is 6.07 Å². The highest BCUT2D eigenvalue weighted by Gasteiger charge is 2.01. The van der Waals surface area contributed by atoms with Crippen molar-refractivity contribution >= 4 is 6.29 Å². The third-order valence-corrected chi connectivity index (χ3v) is 1.32. The summed E-state index contributed by atoms with van der Waals surface area (Å²) in [5, 5.41) is 8.92. The Balaban J connectivity index is 2.57. The molecule has 1 rings (SSSR count). The van der Waals surface area contributed by atoms with E-state index in [1.165, 1.54) is 0 Å². The number of aliphatic hydroxyl groups excluding tert-OH is 1. The van der Waals surface area contributed by atoms with E-state index in [0.717, 1.165) is 5.56 Å². The van der Waals surface area contributed by atoms with Gasteiger partial charge in [-0.05, 0) is 11.6 Å². The minimum Gasteiger partial charge on any atom is -0.385 e. The number of rotatable bonds is 3. The summed E-state index contributed by atoms with van der Waals surface area (Å²) in [5.41, 5.74) is 0.868. The van der Waals surface area contributed by atoms with Crippen molar-refractivity contribution in [3.63, 3.8) is 0 Å². The van der Waals surface area contributed by atoms with Crippen molar-refractivity contribution in [1.82, 2.24) is 4.98 Å². The Bertz CT molecular complexity index is 223. The van der Waals surface area contributed by atoms with Crippen LogP contribution in [0.2, 0.25) is 0 Å².